The largest absolute Gasteiger partial charge is 0.378 e. The maximum absolute atomic E-state index is 12.2. The minimum Gasteiger partial charge on any atom is -0.378 e. The first-order valence-electron chi connectivity index (χ1n) is 9.13. The van der Waals surface area contributed by atoms with Gasteiger partial charge < -0.3 is 15.0 Å². The highest BCUT2D eigenvalue weighted by Crippen LogP contribution is 2.17. The van der Waals surface area contributed by atoms with E-state index in [0.29, 0.717) is 24.8 Å². The summed E-state index contributed by atoms with van der Waals surface area (Å²) < 4.78 is 29.6. The molecule has 9 heteroatoms. The Hall–Kier alpha value is -2.52. The molecular weight excluding hydrogens is 380 g/mol. The molecule has 0 radical (unpaired) electrons. The van der Waals surface area contributed by atoms with Crippen LogP contribution in [0.3, 0.4) is 0 Å². The summed E-state index contributed by atoms with van der Waals surface area (Å²) in [6.07, 6.45) is 3.29. The molecule has 28 heavy (non-hydrogen) atoms. The van der Waals surface area contributed by atoms with Crippen LogP contribution in [0.4, 0.5) is 11.6 Å². The fourth-order valence-corrected chi connectivity index (χ4v) is 3.83. The van der Waals surface area contributed by atoms with E-state index in [2.05, 4.69) is 15.3 Å². The van der Waals surface area contributed by atoms with Crippen molar-refractivity contribution >= 4 is 27.4 Å². The van der Waals surface area contributed by atoms with Crippen LogP contribution in [-0.4, -0.2) is 55.8 Å². The van der Waals surface area contributed by atoms with Crippen molar-refractivity contribution in [3.8, 4) is 0 Å². The monoisotopic (exact) mass is 404 g/mol. The van der Waals surface area contributed by atoms with E-state index in [-0.39, 0.29) is 17.2 Å². The average Bonchev–Trinajstić information content (AvgIpc) is 2.69. The van der Waals surface area contributed by atoms with Gasteiger partial charge in [-0.25, -0.2) is 18.4 Å². The van der Waals surface area contributed by atoms with E-state index >= 15 is 0 Å². The van der Waals surface area contributed by atoms with Gasteiger partial charge in [0.25, 0.3) is 0 Å². The Balaban J connectivity index is 1.58. The van der Waals surface area contributed by atoms with Crippen LogP contribution < -0.4 is 10.2 Å². The molecule has 1 amide bonds. The van der Waals surface area contributed by atoms with E-state index in [9.17, 15) is 13.2 Å². The first kappa shape index (κ1) is 20.2. The van der Waals surface area contributed by atoms with Crippen LogP contribution in [0.25, 0.3) is 0 Å². The predicted molar refractivity (Wildman–Crippen MR) is 106 cm³/mol. The van der Waals surface area contributed by atoms with Crippen molar-refractivity contribution in [3.63, 3.8) is 0 Å². The van der Waals surface area contributed by atoms with E-state index in [1.807, 2.05) is 4.90 Å². The number of nitrogens with one attached hydrogen (secondary N) is 1. The molecule has 1 aliphatic rings. The van der Waals surface area contributed by atoms with Gasteiger partial charge in [0.2, 0.25) is 11.9 Å². The Bertz CT molecular complexity index is 906. The summed E-state index contributed by atoms with van der Waals surface area (Å²) in [5.74, 6) is 0.394. The second-order valence-corrected chi connectivity index (χ2v) is 9.34. The van der Waals surface area contributed by atoms with Crippen LogP contribution in [0.5, 0.6) is 0 Å². The molecule has 1 aromatic heterocycles. The van der Waals surface area contributed by atoms with Crippen LogP contribution in [0.15, 0.2) is 41.6 Å². The van der Waals surface area contributed by atoms with Gasteiger partial charge in [0.05, 0.1) is 47.9 Å². The van der Waals surface area contributed by atoms with Crippen molar-refractivity contribution in [2.45, 2.75) is 30.4 Å². The summed E-state index contributed by atoms with van der Waals surface area (Å²) in [5.41, 5.74) is 1.24. The molecule has 2 aromatic rings. The molecule has 0 spiro atoms. The molecule has 1 aromatic carbocycles. The second kappa shape index (κ2) is 8.66. The zero-order valence-corrected chi connectivity index (χ0v) is 16.8. The lowest BCUT2D eigenvalue weighted by Crippen LogP contribution is -2.37. The summed E-state index contributed by atoms with van der Waals surface area (Å²) >= 11 is 0. The van der Waals surface area contributed by atoms with Gasteiger partial charge in [-0.05, 0) is 31.5 Å². The van der Waals surface area contributed by atoms with E-state index < -0.39 is 15.1 Å². The molecule has 2 heterocycles. The number of amides is 1. The first-order valence-corrected chi connectivity index (χ1v) is 10.7. The maximum atomic E-state index is 12.2. The van der Waals surface area contributed by atoms with Gasteiger partial charge in [-0.3, -0.25) is 4.79 Å². The molecule has 1 N–H and O–H groups in total. The third-order valence-electron chi connectivity index (χ3n) is 4.45. The standard InChI is InChI=1S/C19H24N4O4S/c1-14(2)28(25,26)17-5-3-15(4-6-17)11-18(24)22-16-12-20-19(21-13-16)23-7-9-27-10-8-23/h3-6,12-14H,7-11H2,1-2H3,(H,22,24). The Morgan fingerprint density at radius 3 is 2.32 bits per heavy atom. The summed E-state index contributed by atoms with van der Waals surface area (Å²) in [5, 5.41) is 2.27. The number of morpholine rings is 1. The van der Waals surface area contributed by atoms with Crippen molar-refractivity contribution in [1.29, 1.82) is 0 Å². The Labute approximate surface area is 164 Å². The van der Waals surface area contributed by atoms with Gasteiger partial charge in [-0.2, -0.15) is 0 Å². The third kappa shape index (κ3) is 4.85. The van der Waals surface area contributed by atoms with E-state index in [0.717, 1.165) is 18.7 Å². The van der Waals surface area contributed by atoms with Crippen molar-refractivity contribution in [3.05, 3.63) is 42.2 Å². The van der Waals surface area contributed by atoms with Crippen LogP contribution in [0.1, 0.15) is 19.4 Å². The van der Waals surface area contributed by atoms with E-state index in [4.69, 9.17) is 4.74 Å². The first-order chi connectivity index (χ1) is 13.4. The lowest BCUT2D eigenvalue weighted by Gasteiger charge is -2.26. The second-order valence-electron chi connectivity index (χ2n) is 6.83. The van der Waals surface area contributed by atoms with Crippen molar-refractivity contribution in [2.24, 2.45) is 0 Å². The summed E-state index contributed by atoms with van der Waals surface area (Å²) in [6, 6.07) is 6.40. The molecular formula is C19H24N4O4S. The fraction of sp³-hybridized carbons (Fsp3) is 0.421. The summed E-state index contributed by atoms with van der Waals surface area (Å²) in [6.45, 7) is 6.08. The van der Waals surface area contributed by atoms with Crippen LogP contribution in [-0.2, 0) is 25.8 Å². The molecule has 0 atom stereocenters. The fourth-order valence-electron chi connectivity index (χ4n) is 2.77. The average molecular weight is 404 g/mol. The predicted octanol–water partition coefficient (Wildman–Crippen LogP) is 1.68. The number of sulfone groups is 1. The van der Waals surface area contributed by atoms with Gasteiger partial charge in [0, 0.05) is 13.1 Å². The van der Waals surface area contributed by atoms with E-state index in [1.54, 1.807) is 38.4 Å². The molecule has 3 rings (SSSR count). The quantitative estimate of drug-likeness (QED) is 0.781. The molecule has 150 valence electrons. The molecule has 0 saturated carbocycles. The number of hydrogen-bond donors (Lipinski definition) is 1. The Kier molecular flexibility index (Phi) is 6.25. The highest BCUT2D eigenvalue weighted by atomic mass is 32.2. The third-order valence-corrected chi connectivity index (χ3v) is 6.62. The highest BCUT2D eigenvalue weighted by Gasteiger charge is 2.19. The lowest BCUT2D eigenvalue weighted by molar-refractivity contribution is -0.115. The number of anilines is 2. The number of benzene rings is 1. The Morgan fingerprint density at radius 1 is 1.14 bits per heavy atom. The van der Waals surface area contributed by atoms with Gasteiger partial charge in [0.1, 0.15) is 0 Å². The van der Waals surface area contributed by atoms with Crippen molar-refractivity contribution in [2.75, 3.05) is 36.5 Å². The molecule has 1 aliphatic heterocycles. The summed E-state index contributed by atoms with van der Waals surface area (Å²) in [4.78, 5) is 23.1. The summed E-state index contributed by atoms with van der Waals surface area (Å²) in [7, 11) is -3.31. The number of nitrogens with zero attached hydrogens (tertiary/aromatic N) is 3. The molecule has 0 unspecified atom stereocenters. The van der Waals surface area contributed by atoms with Gasteiger partial charge >= 0.3 is 0 Å². The smallest absolute Gasteiger partial charge is 0.228 e. The van der Waals surface area contributed by atoms with Gasteiger partial charge in [0.15, 0.2) is 9.84 Å². The molecule has 8 nitrogen and oxygen atoms in total. The lowest BCUT2D eigenvalue weighted by atomic mass is 10.1. The zero-order valence-electron chi connectivity index (χ0n) is 16.0. The molecule has 1 saturated heterocycles. The zero-order chi connectivity index (χ0) is 20.1. The van der Waals surface area contributed by atoms with Gasteiger partial charge in [-0.1, -0.05) is 12.1 Å². The number of ether oxygens (including phenoxy) is 1. The number of carbonyl (C=O) groups is 1. The van der Waals surface area contributed by atoms with Crippen LogP contribution >= 0.6 is 0 Å². The number of rotatable bonds is 6. The number of hydrogen-bond acceptors (Lipinski definition) is 7. The molecule has 0 aliphatic carbocycles. The van der Waals surface area contributed by atoms with Crippen LogP contribution in [0, 0.1) is 0 Å². The molecule has 1 fully saturated rings. The molecule has 0 bridgehead atoms. The minimum atomic E-state index is -3.31. The SMILES string of the molecule is CC(C)S(=O)(=O)c1ccc(CC(=O)Nc2cnc(N3CCOCC3)nc2)cc1. The maximum Gasteiger partial charge on any atom is 0.228 e. The number of aromatic nitrogens is 2. The highest BCUT2D eigenvalue weighted by molar-refractivity contribution is 7.92. The normalized spacial score (nSPS) is 14.9. The van der Waals surface area contributed by atoms with E-state index in [1.165, 1.54) is 12.1 Å². The van der Waals surface area contributed by atoms with Crippen molar-refractivity contribution < 1.29 is 17.9 Å². The number of carbonyl (C=O) groups excluding carboxylic acids is 1. The van der Waals surface area contributed by atoms with Gasteiger partial charge in [-0.15, -0.1) is 0 Å². The minimum absolute atomic E-state index is 0.132. The Morgan fingerprint density at radius 2 is 1.75 bits per heavy atom. The van der Waals surface area contributed by atoms with Crippen molar-refractivity contribution in [1.82, 2.24) is 9.97 Å². The topological polar surface area (TPSA) is 101 Å². The van der Waals surface area contributed by atoms with Crippen LogP contribution in [0.2, 0.25) is 0 Å².